The van der Waals surface area contributed by atoms with E-state index in [-0.39, 0.29) is 5.91 Å². The van der Waals surface area contributed by atoms with Crippen LogP contribution in [0.1, 0.15) is 35.4 Å². The third-order valence-electron chi connectivity index (χ3n) is 4.41. The van der Waals surface area contributed by atoms with Gasteiger partial charge in [0.15, 0.2) is 0 Å². The Morgan fingerprint density at radius 2 is 2.30 bits per heavy atom. The zero-order valence-electron chi connectivity index (χ0n) is 11.7. The van der Waals surface area contributed by atoms with Crippen LogP contribution in [-0.4, -0.2) is 47.9 Å². The van der Waals surface area contributed by atoms with Crippen molar-refractivity contribution in [2.45, 2.75) is 31.8 Å². The van der Waals surface area contributed by atoms with Crippen molar-refractivity contribution in [1.29, 1.82) is 0 Å². The maximum atomic E-state index is 11.6. The molecule has 6 nitrogen and oxygen atoms in total. The minimum absolute atomic E-state index is 0.287. The first-order chi connectivity index (χ1) is 9.78. The Hall–Kier alpha value is -1.37. The number of amides is 1. The normalized spacial score (nSPS) is 24.4. The molecule has 3 rings (SSSR count). The minimum atomic E-state index is -0.287. The van der Waals surface area contributed by atoms with E-state index < -0.39 is 0 Å². The molecular formula is C14H22N4O2. The molecule has 20 heavy (non-hydrogen) atoms. The van der Waals surface area contributed by atoms with Gasteiger partial charge < -0.3 is 4.42 Å². The first kappa shape index (κ1) is 13.6. The summed E-state index contributed by atoms with van der Waals surface area (Å²) in [6.45, 7) is 5.12. The van der Waals surface area contributed by atoms with E-state index in [1.165, 1.54) is 25.8 Å². The van der Waals surface area contributed by atoms with Crippen molar-refractivity contribution in [1.82, 2.24) is 15.2 Å². The van der Waals surface area contributed by atoms with E-state index in [1.807, 2.05) is 0 Å². The highest BCUT2D eigenvalue weighted by atomic mass is 16.3. The SMILES string of the molecule is NNC(=O)c1ccoc1CN1CCN2CCCCC2C1. The summed E-state index contributed by atoms with van der Waals surface area (Å²) >= 11 is 0. The zero-order valence-corrected chi connectivity index (χ0v) is 11.7. The Morgan fingerprint density at radius 3 is 3.15 bits per heavy atom. The number of carbonyl (C=O) groups excluding carboxylic acids is 1. The van der Waals surface area contributed by atoms with E-state index in [9.17, 15) is 4.79 Å². The molecule has 6 heteroatoms. The number of hydrogen-bond donors (Lipinski definition) is 2. The molecule has 1 atom stereocenters. The molecule has 0 radical (unpaired) electrons. The van der Waals surface area contributed by atoms with Crippen LogP contribution < -0.4 is 11.3 Å². The van der Waals surface area contributed by atoms with Crippen LogP contribution >= 0.6 is 0 Å². The topological polar surface area (TPSA) is 74.7 Å². The fraction of sp³-hybridized carbons (Fsp3) is 0.643. The summed E-state index contributed by atoms with van der Waals surface area (Å²) < 4.78 is 5.45. The number of fused-ring (bicyclic) bond motifs is 1. The number of hydrogen-bond acceptors (Lipinski definition) is 5. The Labute approximate surface area is 118 Å². The summed E-state index contributed by atoms with van der Waals surface area (Å²) in [6.07, 6.45) is 5.49. The standard InChI is InChI=1S/C14H22N4O2/c15-16-14(19)12-4-8-20-13(12)10-17-6-7-18-5-2-1-3-11(18)9-17/h4,8,11H,1-3,5-7,9-10,15H2,(H,16,19). The number of nitrogen functional groups attached to an aromatic ring is 1. The largest absolute Gasteiger partial charge is 0.467 e. The van der Waals surface area contributed by atoms with Gasteiger partial charge in [-0.05, 0) is 25.5 Å². The van der Waals surface area contributed by atoms with Gasteiger partial charge in [0, 0.05) is 25.7 Å². The van der Waals surface area contributed by atoms with E-state index >= 15 is 0 Å². The fourth-order valence-electron chi connectivity index (χ4n) is 3.31. The van der Waals surface area contributed by atoms with Crippen molar-refractivity contribution in [3.8, 4) is 0 Å². The predicted molar refractivity (Wildman–Crippen MR) is 74.9 cm³/mol. The van der Waals surface area contributed by atoms with E-state index in [2.05, 4.69) is 15.2 Å². The molecule has 0 aromatic carbocycles. The molecule has 0 saturated carbocycles. The number of furan rings is 1. The molecule has 2 aliphatic rings. The van der Waals surface area contributed by atoms with Crippen LogP contribution in [0.4, 0.5) is 0 Å². The molecule has 1 unspecified atom stereocenters. The molecule has 3 N–H and O–H groups in total. The van der Waals surface area contributed by atoms with Crippen molar-refractivity contribution in [2.75, 3.05) is 26.2 Å². The van der Waals surface area contributed by atoms with Gasteiger partial charge in [0.1, 0.15) is 5.76 Å². The quantitative estimate of drug-likeness (QED) is 0.480. The lowest BCUT2D eigenvalue weighted by Gasteiger charge is -2.43. The molecule has 3 heterocycles. The van der Waals surface area contributed by atoms with Crippen LogP contribution in [0, 0.1) is 0 Å². The molecule has 0 bridgehead atoms. The summed E-state index contributed by atoms with van der Waals surface area (Å²) in [5.74, 6) is 5.61. The number of hydrazine groups is 1. The molecule has 0 aliphatic carbocycles. The Balaban J connectivity index is 1.64. The Kier molecular flexibility index (Phi) is 4.05. The molecule has 1 aromatic rings. The highest BCUT2D eigenvalue weighted by Crippen LogP contribution is 2.23. The number of nitrogens with one attached hydrogen (secondary N) is 1. The number of carbonyl (C=O) groups is 1. The number of nitrogens with two attached hydrogens (primary N) is 1. The van der Waals surface area contributed by atoms with Crippen molar-refractivity contribution in [3.05, 3.63) is 23.7 Å². The third kappa shape index (κ3) is 2.72. The molecule has 0 spiro atoms. The first-order valence-electron chi connectivity index (χ1n) is 7.31. The van der Waals surface area contributed by atoms with E-state index in [1.54, 1.807) is 12.3 Å². The fourth-order valence-corrected chi connectivity index (χ4v) is 3.31. The number of piperidine rings is 1. The maximum absolute atomic E-state index is 11.6. The van der Waals surface area contributed by atoms with Gasteiger partial charge in [-0.3, -0.25) is 20.0 Å². The van der Waals surface area contributed by atoms with Gasteiger partial charge in [0.25, 0.3) is 5.91 Å². The van der Waals surface area contributed by atoms with Gasteiger partial charge in [-0.15, -0.1) is 0 Å². The van der Waals surface area contributed by atoms with Crippen molar-refractivity contribution in [3.63, 3.8) is 0 Å². The highest BCUT2D eigenvalue weighted by molar-refractivity contribution is 5.94. The Bertz CT molecular complexity index is 473. The summed E-state index contributed by atoms with van der Waals surface area (Å²) in [4.78, 5) is 16.6. The average Bonchev–Trinajstić information content (AvgIpc) is 2.94. The van der Waals surface area contributed by atoms with E-state index in [0.717, 1.165) is 19.6 Å². The second-order valence-corrected chi connectivity index (χ2v) is 5.65. The number of piperazine rings is 1. The molecular weight excluding hydrogens is 256 g/mol. The van der Waals surface area contributed by atoms with Gasteiger partial charge in [-0.25, -0.2) is 5.84 Å². The van der Waals surface area contributed by atoms with Gasteiger partial charge >= 0.3 is 0 Å². The second kappa shape index (κ2) is 5.95. The van der Waals surface area contributed by atoms with Crippen LogP contribution in [-0.2, 0) is 6.54 Å². The monoisotopic (exact) mass is 278 g/mol. The number of rotatable bonds is 3. The molecule has 110 valence electrons. The molecule has 2 saturated heterocycles. The molecule has 1 aromatic heterocycles. The van der Waals surface area contributed by atoms with E-state index in [0.29, 0.717) is 23.9 Å². The van der Waals surface area contributed by atoms with Crippen LogP contribution in [0.15, 0.2) is 16.7 Å². The van der Waals surface area contributed by atoms with Crippen molar-refractivity contribution in [2.24, 2.45) is 5.84 Å². The van der Waals surface area contributed by atoms with Crippen LogP contribution in [0.25, 0.3) is 0 Å². The Morgan fingerprint density at radius 1 is 1.40 bits per heavy atom. The smallest absolute Gasteiger partial charge is 0.268 e. The van der Waals surface area contributed by atoms with Crippen molar-refractivity contribution < 1.29 is 9.21 Å². The highest BCUT2D eigenvalue weighted by Gasteiger charge is 2.29. The number of nitrogens with zero attached hydrogens (tertiary/aromatic N) is 2. The summed E-state index contributed by atoms with van der Waals surface area (Å²) in [5.41, 5.74) is 2.70. The first-order valence-corrected chi connectivity index (χ1v) is 7.31. The lowest BCUT2D eigenvalue weighted by atomic mass is 9.99. The second-order valence-electron chi connectivity index (χ2n) is 5.65. The zero-order chi connectivity index (χ0) is 13.9. The third-order valence-corrected chi connectivity index (χ3v) is 4.41. The van der Waals surface area contributed by atoms with Crippen LogP contribution in [0.2, 0.25) is 0 Å². The summed E-state index contributed by atoms with van der Waals surface area (Å²) in [7, 11) is 0. The minimum Gasteiger partial charge on any atom is -0.467 e. The lowest BCUT2D eigenvalue weighted by molar-refractivity contribution is 0.0424. The molecule has 2 fully saturated rings. The summed E-state index contributed by atoms with van der Waals surface area (Å²) in [5, 5.41) is 0. The average molecular weight is 278 g/mol. The van der Waals surface area contributed by atoms with Crippen LogP contribution in [0.5, 0.6) is 0 Å². The lowest BCUT2D eigenvalue weighted by Crippen LogP contribution is -2.54. The molecule has 2 aliphatic heterocycles. The van der Waals surface area contributed by atoms with Gasteiger partial charge in [-0.1, -0.05) is 6.42 Å². The summed E-state index contributed by atoms with van der Waals surface area (Å²) in [6, 6.07) is 2.34. The maximum Gasteiger partial charge on any atom is 0.268 e. The van der Waals surface area contributed by atoms with Crippen LogP contribution in [0.3, 0.4) is 0 Å². The van der Waals surface area contributed by atoms with Gasteiger partial charge in [-0.2, -0.15) is 0 Å². The predicted octanol–water partition coefficient (Wildman–Crippen LogP) is 0.553. The molecule has 1 amide bonds. The van der Waals surface area contributed by atoms with Gasteiger partial charge in [0.05, 0.1) is 18.4 Å². The van der Waals surface area contributed by atoms with Gasteiger partial charge in [0.2, 0.25) is 0 Å². The van der Waals surface area contributed by atoms with E-state index in [4.69, 9.17) is 10.3 Å². The van der Waals surface area contributed by atoms with Crippen molar-refractivity contribution >= 4 is 5.91 Å².